The molecule has 0 heterocycles. The molecule has 0 saturated heterocycles. The van der Waals surface area contributed by atoms with Crippen LogP contribution in [0.4, 0.5) is 14.9 Å². The topological polar surface area (TPSA) is 64.9 Å². The Balaban J connectivity index is 2.91. The fourth-order valence-corrected chi connectivity index (χ4v) is 0.882. The third-order valence-corrected chi connectivity index (χ3v) is 1.57. The lowest BCUT2D eigenvalue weighted by Crippen LogP contribution is -2.24. The number of nitriles is 1. The first-order valence-corrected chi connectivity index (χ1v) is 3.85. The number of carbonyl (C=O) groups excluding carboxylic acids is 1. The summed E-state index contributed by atoms with van der Waals surface area (Å²) in [5.41, 5.74) is 0.279. The Morgan fingerprint density at radius 1 is 1.57 bits per heavy atom. The highest BCUT2D eigenvalue weighted by Gasteiger charge is 2.04. The van der Waals surface area contributed by atoms with Gasteiger partial charge in [-0.2, -0.15) is 5.26 Å². The van der Waals surface area contributed by atoms with E-state index in [9.17, 15) is 9.18 Å². The number of rotatable bonds is 1. The van der Waals surface area contributed by atoms with Crippen LogP contribution < -0.4 is 10.6 Å². The van der Waals surface area contributed by atoms with Crippen molar-refractivity contribution in [1.29, 1.82) is 5.26 Å². The molecule has 0 saturated carbocycles. The number of urea groups is 1. The number of amides is 2. The van der Waals surface area contributed by atoms with Crippen LogP contribution in [-0.4, -0.2) is 13.1 Å². The zero-order valence-corrected chi connectivity index (χ0v) is 7.47. The maximum absolute atomic E-state index is 12.8. The summed E-state index contributed by atoms with van der Waals surface area (Å²) < 4.78 is 12.8. The van der Waals surface area contributed by atoms with E-state index < -0.39 is 11.8 Å². The molecule has 1 aromatic carbocycles. The van der Waals surface area contributed by atoms with E-state index >= 15 is 0 Å². The summed E-state index contributed by atoms with van der Waals surface area (Å²) in [5, 5.41) is 13.3. The van der Waals surface area contributed by atoms with E-state index in [1.807, 2.05) is 0 Å². The van der Waals surface area contributed by atoms with E-state index in [-0.39, 0.29) is 5.56 Å². The average molecular weight is 193 g/mol. The number of halogens is 1. The summed E-state index contributed by atoms with van der Waals surface area (Å²) in [6.07, 6.45) is 0. The fraction of sp³-hybridized carbons (Fsp3) is 0.111. The van der Waals surface area contributed by atoms with Gasteiger partial charge in [-0.05, 0) is 18.2 Å². The van der Waals surface area contributed by atoms with Crippen LogP contribution >= 0.6 is 0 Å². The molecule has 4 nitrogen and oxygen atoms in total. The minimum Gasteiger partial charge on any atom is -0.341 e. The van der Waals surface area contributed by atoms with Crippen molar-refractivity contribution < 1.29 is 9.18 Å². The molecule has 0 aliphatic rings. The molecule has 0 atom stereocenters. The molecule has 1 rings (SSSR count). The number of hydrogen-bond acceptors (Lipinski definition) is 2. The van der Waals surface area contributed by atoms with E-state index in [0.717, 1.165) is 6.07 Å². The lowest BCUT2D eigenvalue weighted by molar-refractivity contribution is 0.254. The van der Waals surface area contributed by atoms with Crippen LogP contribution in [0.25, 0.3) is 0 Å². The molecule has 1 aromatic rings. The zero-order chi connectivity index (χ0) is 10.6. The van der Waals surface area contributed by atoms with Crippen molar-refractivity contribution in [3.63, 3.8) is 0 Å². The van der Waals surface area contributed by atoms with Gasteiger partial charge >= 0.3 is 6.03 Å². The Labute approximate surface area is 80.3 Å². The van der Waals surface area contributed by atoms with Crippen LogP contribution in [0, 0.1) is 17.1 Å². The summed E-state index contributed by atoms with van der Waals surface area (Å²) in [6, 6.07) is 5.04. The molecule has 0 bridgehead atoms. The monoisotopic (exact) mass is 193 g/mol. The Kier molecular flexibility index (Phi) is 3.02. The Hall–Kier alpha value is -2.09. The highest BCUT2D eigenvalue weighted by atomic mass is 19.1. The van der Waals surface area contributed by atoms with Crippen LogP contribution in [0.5, 0.6) is 0 Å². The van der Waals surface area contributed by atoms with Gasteiger partial charge in [0.2, 0.25) is 0 Å². The van der Waals surface area contributed by atoms with Gasteiger partial charge in [-0.1, -0.05) is 0 Å². The smallest absolute Gasteiger partial charge is 0.318 e. The molecule has 0 unspecified atom stereocenters. The molecule has 0 radical (unpaired) electrons. The van der Waals surface area contributed by atoms with Crippen molar-refractivity contribution >= 4 is 11.7 Å². The number of benzene rings is 1. The second-order valence-corrected chi connectivity index (χ2v) is 2.51. The number of hydrogen-bond donors (Lipinski definition) is 2. The van der Waals surface area contributed by atoms with Gasteiger partial charge in [-0.15, -0.1) is 0 Å². The minimum atomic E-state index is -0.602. The van der Waals surface area contributed by atoms with Gasteiger partial charge in [0.25, 0.3) is 0 Å². The summed E-state index contributed by atoms with van der Waals surface area (Å²) in [4.78, 5) is 10.9. The molecule has 0 aliphatic heterocycles. The first-order chi connectivity index (χ1) is 6.67. The molecule has 2 amide bonds. The van der Waals surface area contributed by atoms with Gasteiger partial charge in [-0.25, -0.2) is 9.18 Å². The SMILES string of the molecule is CNC(=O)Nc1ccc(F)c(C#N)c1. The van der Waals surface area contributed by atoms with E-state index in [1.54, 1.807) is 6.07 Å². The van der Waals surface area contributed by atoms with Crippen molar-refractivity contribution in [2.24, 2.45) is 0 Å². The maximum atomic E-state index is 12.8. The Morgan fingerprint density at radius 2 is 2.29 bits per heavy atom. The first kappa shape index (κ1) is 9.99. The van der Waals surface area contributed by atoms with E-state index in [2.05, 4.69) is 10.6 Å². The van der Waals surface area contributed by atoms with Gasteiger partial charge in [0, 0.05) is 12.7 Å². The summed E-state index contributed by atoms with van der Waals surface area (Å²) in [6.45, 7) is 0. The van der Waals surface area contributed by atoms with Gasteiger partial charge in [0.15, 0.2) is 0 Å². The van der Waals surface area contributed by atoms with E-state index in [4.69, 9.17) is 5.26 Å². The van der Waals surface area contributed by atoms with Gasteiger partial charge < -0.3 is 10.6 Å². The largest absolute Gasteiger partial charge is 0.341 e. The lowest BCUT2D eigenvalue weighted by Gasteiger charge is -2.04. The standard InChI is InChI=1S/C9H8FN3O/c1-12-9(14)13-7-2-3-8(10)6(4-7)5-11/h2-4H,1H3,(H2,12,13,14). The molecule has 0 aliphatic carbocycles. The summed E-state index contributed by atoms with van der Waals surface area (Å²) >= 11 is 0. The number of anilines is 1. The highest BCUT2D eigenvalue weighted by Crippen LogP contribution is 2.13. The van der Waals surface area contributed by atoms with E-state index in [1.165, 1.54) is 19.2 Å². The molecule has 0 spiro atoms. The second-order valence-electron chi connectivity index (χ2n) is 2.51. The predicted molar refractivity (Wildman–Crippen MR) is 49.2 cm³/mol. The fourth-order valence-electron chi connectivity index (χ4n) is 0.882. The average Bonchev–Trinajstić information content (AvgIpc) is 2.20. The number of nitrogens with one attached hydrogen (secondary N) is 2. The normalized spacial score (nSPS) is 8.93. The predicted octanol–water partition coefficient (Wildman–Crippen LogP) is 1.45. The molecule has 5 heteroatoms. The zero-order valence-electron chi connectivity index (χ0n) is 7.47. The van der Waals surface area contributed by atoms with Crippen LogP contribution in [0.2, 0.25) is 0 Å². The third-order valence-electron chi connectivity index (χ3n) is 1.57. The van der Waals surface area contributed by atoms with Crippen molar-refractivity contribution in [3.05, 3.63) is 29.6 Å². The highest BCUT2D eigenvalue weighted by molar-refractivity contribution is 5.89. The maximum Gasteiger partial charge on any atom is 0.318 e. The van der Waals surface area contributed by atoms with Crippen molar-refractivity contribution in [3.8, 4) is 6.07 Å². The Bertz CT molecular complexity index is 398. The van der Waals surface area contributed by atoms with Crippen molar-refractivity contribution in [2.75, 3.05) is 12.4 Å². The molecule has 2 N–H and O–H groups in total. The molecular formula is C9H8FN3O. The van der Waals surface area contributed by atoms with Gasteiger partial charge in [-0.3, -0.25) is 0 Å². The summed E-state index contributed by atoms with van der Waals surface area (Å²) in [5.74, 6) is -0.602. The van der Waals surface area contributed by atoms with Crippen LogP contribution in [-0.2, 0) is 0 Å². The molecular weight excluding hydrogens is 185 g/mol. The molecule has 0 fully saturated rings. The molecule has 0 aromatic heterocycles. The molecule has 72 valence electrons. The quantitative estimate of drug-likeness (QED) is 0.708. The lowest BCUT2D eigenvalue weighted by atomic mass is 10.2. The van der Waals surface area contributed by atoms with Gasteiger partial charge in [0.05, 0.1) is 5.56 Å². The van der Waals surface area contributed by atoms with Crippen LogP contribution in [0.1, 0.15) is 5.56 Å². The van der Waals surface area contributed by atoms with Gasteiger partial charge in [0.1, 0.15) is 11.9 Å². The number of nitrogens with zero attached hydrogens (tertiary/aromatic N) is 1. The minimum absolute atomic E-state index is 0.0982. The third kappa shape index (κ3) is 2.20. The number of carbonyl (C=O) groups is 1. The summed E-state index contributed by atoms with van der Waals surface area (Å²) in [7, 11) is 1.46. The van der Waals surface area contributed by atoms with E-state index in [0.29, 0.717) is 5.69 Å². The van der Waals surface area contributed by atoms with Crippen molar-refractivity contribution in [2.45, 2.75) is 0 Å². The van der Waals surface area contributed by atoms with Crippen LogP contribution in [0.15, 0.2) is 18.2 Å². The van der Waals surface area contributed by atoms with Crippen LogP contribution in [0.3, 0.4) is 0 Å². The Morgan fingerprint density at radius 3 is 2.86 bits per heavy atom. The van der Waals surface area contributed by atoms with Crippen molar-refractivity contribution in [1.82, 2.24) is 5.32 Å². The second kappa shape index (κ2) is 4.23. The molecule has 14 heavy (non-hydrogen) atoms. The first-order valence-electron chi connectivity index (χ1n) is 3.85.